The molecule has 0 aromatic carbocycles. The third-order valence-corrected chi connectivity index (χ3v) is 7.41. The number of hydrogen-bond acceptors (Lipinski definition) is 9. The number of anilines is 2. The topological polar surface area (TPSA) is 108 Å². The number of fused-ring (bicyclic) bond motifs is 1. The number of nitrogens with one attached hydrogen (secondary N) is 1. The van der Waals surface area contributed by atoms with Crippen LogP contribution in [0.1, 0.15) is 37.3 Å². The second-order valence-corrected chi connectivity index (χ2v) is 9.81. The first-order valence-corrected chi connectivity index (χ1v) is 13.2. The quantitative estimate of drug-likeness (QED) is 0.378. The summed E-state index contributed by atoms with van der Waals surface area (Å²) in [5.41, 5.74) is 4.49. The van der Waals surface area contributed by atoms with Gasteiger partial charge in [0.25, 0.3) is 0 Å². The maximum Gasteiger partial charge on any atom is 0.229 e. The van der Waals surface area contributed by atoms with Gasteiger partial charge in [-0.3, -0.25) is 14.9 Å². The van der Waals surface area contributed by atoms with Crippen molar-refractivity contribution >= 4 is 22.9 Å². The number of hydrogen-bond donors (Lipinski definition) is 2. The molecule has 0 amide bonds. The molecule has 4 aromatic heterocycles. The lowest BCUT2D eigenvalue weighted by atomic mass is 10.2. The molecule has 5 heterocycles. The van der Waals surface area contributed by atoms with Gasteiger partial charge in [0.15, 0.2) is 17.0 Å². The van der Waals surface area contributed by atoms with E-state index in [-0.39, 0.29) is 6.61 Å². The number of rotatable bonds is 8. The van der Waals surface area contributed by atoms with Gasteiger partial charge in [-0.15, -0.1) is 0 Å². The molecule has 0 bridgehead atoms. The molecule has 37 heavy (non-hydrogen) atoms. The Morgan fingerprint density at radius 2 is 1.76 bits per heavy atom. The van der Waals surface area contributed by atoms with Gasteiger partial charge in [0.1, 0.15) is 0 Å². The molecule has 4 aromatic rings. The van der Waals surface area contributed by atoms with E-state index in [2.05, 4.69) is 35.7 Å². The highest BCUT2D eigenvalue weighted by molar-refractivity contribution is 5.84. The van der Waals surface area contributed by atoms with E-state index >= 15 is 0 Å². The maximum absolute atomic E-state index is 9.29. The monoisotopic (exact) mass is 499 g/mol. The van der Waals surface area contributed by atoms with Gasteiger partial charge < -0.3 is 19.9 Å². The maximum atomic E-state index is 9.29. The van der Waals surface area contributed by atoms with Crippen LogP contribution < -0.4 is 10.2 Å². The number of aliphatic hydroxyl groups excluding tert-OH is 1. The Morgan fingerprint density at radius 3 is 2.49 bits per heavy atom. The Balaban J connectivity index is 1.26. The molecule has 10 nitrogen and oxygen atoms in total. The van der Waals surface area contributed by atoms with Crippen LogP contribution in [0.2, 0.25) is 0 Å². The lowest BCUT2D eigenvalue weighted by molar-refractivity contribution is 0.188. The molecular weight excluding hydrogens is 466 g/mol. The van der Waals surface area contributed by atoms with E-state index in [1.165, 1.54) is 25.7 Å². The van der Waals surface area contributed by atoms with Gasteiger partial charge >= 0.3 is 0 Å². The van der Waals surface area contributed by atoms with Crippen LogP contribution in [0.4, 0.5) is 11.8 Å². The molecule has 0 spiro atoms. The van der Waals surface area contributed by atoms with E-state index in [9.17, 15) is 5.11 Å². The molecule has 1 aliphatic carbocycles. The van der Waals surface area contributed by atoms with E-state index in [1.807, 2.05) is 36.8 Å². The lowest BCUT2D eigenvalue weighted by Crippen LogP contribution is -2.47. The van der Waals surface area contributed by atoms with Crippen molar-refractivity contribution in [2.45, 2.75) is 38.3 Å². The van der Waals surface area contributed by atoms with Gasteiger partial charge in [-0.05, 0) is 36.6 Å². The average molecular weight is 500 g/mol. The summed E-state index contributed by atoms with van der Waals surface area (Å²) in [6, 6.07) is 10.4. The lowest BCUT2D eigenvalue weighted by Gasteiger charge is -2.34. The van der Waals surface area contributed by atoms with E-state index in [1.54, 1.807) is 6.20 Å². The number of aromatic nitrogens is 6. The van der Waals surface area contributed by atoms with Gasteiger partial charge in [0, 0.05) is 57.7 Å². The summed E-state index contributed by atoms with van der Waals surface area (Å²) in [6.07, 6.45) is 10.4. The second-order valence-electron chi connectivity index (χ2n) is 9.81. The Labute approximate surface area is 216 Å². The fourth-order valence-corrected chi connectivity index (χ4v) is 5.31. The highest BCUT2D eigenvalue weighted by Gasteiger charge is 2.24. The summed E-state index contributed by atoms with van der Waals surface area (Å²) in [6.45, 7) is 4.93. The zero-order valence-corrected chi connectivity index (χ0v) is 21.0. The molecule has 2 aliphatic rings. The number of pyridine rings is 2. The highest BCUT2D eigenvalue weighted by Crippen LogP contribution is 2.33. The third kappa shape index (κ3) is 5.12. The standard InChI is InChI=1S/C27H33N9O/c37-16-15-34-11-13-35(14-12-34)27-32-25(24-26(33-27)36(19-31-24)21-5-1-2-6-21)30-18-20-8-9-23(29-17-20)22-7-3-4-10-28-22/h3-4,7-10,17,19,21,37H,1-2,5-6,11-16,18H2,(H,30,32,33). The number of aliphatic hydroxyl groups is 1. The molecule has 0 atom stereocenters. The summed E-state index contributed by atoms with van der Waals surface area (Å²) in [5, 5.41) is 12.8. The molecular formula is C27H33N9O. The van der Waals surface area contributed by atoms with Crippen LogP contribution >= 0.6 is 0 Å². The Morgan fingerprint density at radius 1 is 0.919 bits per heavy atom. The molecule has 2 N–H and O–H groups in total. The molecule has 10 heteroatoms. The van der Waals surface area contributed by atoms with Gasteiger partial charge in [-0.2, -0.15) is 9.97 Å². The highest BCUT2D eigenvalue weighted by atomic mass is 16.3. The molecule has 1 aliphatic heterocycles. The molecule has 192 valence electrons. The van der Waals surface area contributed by atoms with Gasteiger partial charge in [-0.1, -0.05) is 25.0 Å². The first-order valence-electron chi connectivity index (χ1n) is 13.2. The average Bonchev–Trinajstić information content (AvgIpc) is 3.63. The number of piperazine rings is 1. The van der Waals surface area contributed by atoms with E-state index in [0.29, 0.717) is 19.1 Å². The van der Waals surface area contributed by atoms with Crippen molar-refractivity contribution in [1.82, 2.24) is 34.4 Å². The number of imidazole rings is 1. The largest absolute Gasteiger partial charge is 0.395 e. The van der Waals surface area contributed by atoms with Gasteiger partial charge in [-0.25, -0.2) is 4.98 Å². The summed E-state index contributed by atoms with van der Waals surface area (Å²) in [5.74, 6) is 1.49. The second kappa shape index (κ2) is 10.8. The SMILES string of the molecule is OCCN1CCN(c2nc(NCc3ccc(-c4ccccn4)nc3)c3ncn(C4CCCC4)c3n2)CC1. The Kier molecular flexibility index (Phi) is 6.92. The Hall–Kier alpha value is -3.63. The van der Waals surface area contributed by atoms with Crippen LogP contribution in [0.15, 0.2) is 49.1 Å². The van der Waals surface area contributed by atoms with Crippen molar-refractivity contribution in [3.05, 3.63) is 54.6 Å². The van der Waals surface area contributed by atoms with Crippen LogP contribution in [0.25, 0.3) is 22.6 Å². The predicted molar refractivity (Wildman–Crippen MR) is 143 cm³/mol. The molecule has 2 fully saturated rings. The molecule has 0 unspecified atom stereocenters. The normalized spacial score (nSPS) is 17.1. The smallest absolute Gasteiger partial charge is 0.229 e. The van der Waals surface area contributed by atoms with E-state index in [0.717, 1.165) is 66.1 Å². The van der Waals surface area contributed by atoms with Gasteiger partial charge in [0.2, 0.25) is 5.95 Å². The number of β-amino-alcohol motifs (C(OH)–C–C–N with tert-alkyl or cyclic N) is 1. The van der Waals surface area contributed by atoms with Crippen LogP contribution in [0.3, 0.4) is 0 Å². The van der Waals surface area contributed by atoms with Crippen molar-refractivity contribution < 1.29 is 5.11 Å². The molecule has 0 radical (unpaired) electrons. The van der Waals surface area contributed by atoms with Crippen molar-refractivity contribution in [1.29, 1.82) is 0 Å². The Bertz CT molecular complexity index is 1310. The fraction of sp³-hybridized carbons (Fsp3) is 0.444. The van der Waals surface area contributed by atoms with Crippen molar-refractivity contribution in [3.8, 4) is 11.4 Å². The predicted octanol–water partition coefficient (Wildman–Crippen LogP) is 3.12. The first-order chi connectivity index (χ1) is 18.3. The summed E-state index contributed by atoms with van der Waals surface area (Å²) in [7, 11) is 0. The van der Waals surface area contributed by atoms with Crippen LogP contribution in [0, 0.1) is 0 Å². The first kappa shape index (κ1) is 23.7. The third-order valence-electron chi connectivity index (χ3n) is 7.41. The minimum atomic E-state index is 0.189. The van der Waals surface area contributed by atoms with Crippen molar-refractivity contribution in [3.63, 3.8) is 0 Å². The van der Waals surface area contributed by atoms with E-state index < -0.39 is 0 Å². The van der Waals surface area contributed by atoms with Crippen LogP contribution in [0.5, 0.6) is 0 Å². The minimum absolute atomic E-state index is 0.189. The summed E-state index contributed by atoms with van der Waals surface area (Å²) >= 11 is 0. The van der Waals surface area contributed by atoms with Crippen molar-refractivity contribution in [2.24, 2.45) is 0 Å². The molecule has 6 rings (SSSR count). The zero-order valence-electron chi connectivity index (χ0n) is 21.0. The molecule has 1 saturated carbocycles. The van der Waals surface area contributed by atoms with Crippen molar-refractivity contribution in [2.75, 3.05) is 49.5 Å². The summed E-state index contributed by atoms with van der Waals surface area (Å²) < 4.78 is 2.25. The molecule has 1 saturated heterocycles. The van der Waals surface area contributed by atoms with E-state index in [4.69, 9.17) is 15.0 Å². The fourth-order valence-electron chi connectivity index (χ4n) is 5.31. The van der Waals surface area contributed by atoms with Gasteiger partial charge in [0.05, 0.1) is 24.3 Å². The number of nitrogens with zero attached hydrogens (tertiary/aromatic N) is 8. The minimum Gasteiger partial charge on any atom is -0.395 e. The van der Waals surface area contributed by atoms with Crippen LogP contribution in [-0.4, -0.2) is 78.8 Å². The zero-order chi connectivity index (χ0) is 25.0. The van der Waals surface area contributed by atoms with Crippen LogP contribution in [-0.2, 0) is 6.54 Å². The summed E-state index contributed by atoms with van der Waals surface area (Å²) in [4.78, 5) is 28.2.